The predicted octanol–water partition coefficient (Wildman–Crippen LogP) is 4.33. The Morgan fingerprint density at radius 2 is 1.96 bits per heavy atom. The van der Waals surface area contributed by atoms with E-state index in [4.69, 9.17) is 4.74 Å². The molecule has 1 aliphatic heterocycles. The zero-order valence-electron chi connectivity index (χ0n) is 14.5. The number of rotatable bonds is 2. The van der Waals surface area contributed by atoms with E-state index in [0.717, 1.165) is 17.7 Å². The predicted molar refractivity (Wildman–Crippen MR) is 95.0 cm³/mol. The molecular formula is C20H23NO3. The summed E-state index contributed by atoms with van der Waals surface area (Å²) in [5.74, 6) is 0.974. The summed E-state index contributed by atoms with van der Waals surface area (Å²) in [4.78, 5) is 15.2. The van der Waals surface area contributed by atoms with Gasteiger partial charge >= 0.3 is 0 Å². The number of hydrogen-bond acceptors (Lipinski definition) is 3. The highest BCUT2D eigenvalue weighted by Crippen LogP contribution is 2.45. The second-order valence-corrected chi connectivity index (χ2v) is 7.00. The van der Waals surface area contributed by atoms with E-state index in [1.54, 1.807) is 31.4 Å². The largest absolute Gasteiger partial charge is 0.508 e. The zero-order valence-corrected chi connectivity index (χ0v) is 14.5. The summed E-state index contributed by atoms with van der Waals surface area (Å²) in [6, 6.07) is 12.5. The van der Waals surface area contributed by atoms with E-state index in [1.165, 1.54) is 0 Å². The van der Waals surface area contributed by atoms with Gasteiger partial charge < -0.3 is 14.7 Å². The van der Waals surface area contributed by atoms with Crippen LogP contribution in [0.3, 0.4) is 0 Å². The lowest BCUT2D eigenvalue weighted by molar-refractivity contribution is 0.0951. The first-order chi connectivity index (χ1) is 11.3. The van der Waals surface area contributed by atoms with Crippen LogP contribution in [0.2, 0.25) is 0 Å². The van der Waals surface area contributed by atoms with Crippen molar-refractivity contribution in [3.63, 3.8) is 0 Å². The molecule has 2 aromatic carbocycles. The fourth-order valence-electron chi connectivity index (χ4n) is 3.74. The fraction of sp³-hybridized carbons (Fsp3) is 0.350. The molecule has 0 bridgehead atoms. The molecule has 4 nitrogen and oxygen atoms in total. The number of phenols is 1. The molecule has 126 valence electrons. The van der Waals surface area contributed by atoms with Crippen molar-refractivity contribution in [3.05, 3.63) is 53.6 Å². The normalized spacial score (nSPS) is 18.8. The molecule has 1 amide bonds. The zero-order chi connectivity index (χ0) is 17.5. The molecule has 1 aliphatic rings. The first-order valence-electron chi connectivity index (χ1n) is 8.15. The van der Waals surface area contributed by atoms with Gasteiger partial charge in [-0.15, -0.1) is 0 Å². The summed E-state index contributed by atoms with van der Waals surface area (Å²) >= 11 is 0. The topological polar surface area (TPSA) is 49.8 Å². The molecule has 1 unspecified atom stereocenters. The van der Waals surface area contributed by atoms with Crippen LogP contribution < -0.4 is 9.64 Å². The first kappa shape index (κ1) is 16.4. The molecule has 0 aliphatic carbocycles. The van der Waals surface area contributed by atoms with Crippen molar-refractivity contribution in [2.75, 3.05) is 12.0 Å². The minimum Gasteiger partial charge on any atom is -0.508 e. The average Bonchev–Trinajstić information content (AvgIpc) is 2.54. The Morgan fingerprint density at radius 1 is 1.25 bits per heavy atom. The third-order valence-electron chi connectivity index (χ3n) is 4.73. The lowest BCUT2D eigenvalue weighted by atomic mass is 9.79. The second-order valence-electron chi connectivity index (χ2n) is 7.00. The molecule has 0 fully saturated rings. The molecule has 0 saturated heterocycles. The Balaban J connectivity index is 2.15. The van der Waals surface area contributed by atoms with Gasteiger partial charge in [0.05, 0.1) is 12.7 Å². The maximum atomic E-state index is 13.3. The van der Waals surface area contributed by atoms with Crippen LogP contribution in [0.4, 0.5) is 5.69 Å². The van der Waals surface area contributed by atoms with Gasteiger partial charge in [0, 0.05) is 11.2 Å². The molecule has 0 aromatic heterocycles. The fourth-order valence-corrected chi connectivity index (χ4v) is 3.74. The quantitative estimate of drug-likeness (QED) is 0.894. The van der Waals surface area contributed by atoms with E-state index < -0.39 is 0 Å². The molecular weight excluding hydrogens is 302 g/mol. The Bertz CT molecular complexity index is 782. The summed E-state index contributed by atoms with van der Waals surface area (Å²) in [5, 5.41) is 9.84. The molecule has 2 aromatic rings. The van der Waals surface area contributed by atoms with E-state index in [1.807, 2.05) is 23.1 Å². The monoisotopic (exact) mass is 325 g/mol. The van der Waals surface area contributed by atoms with E-state index in [2.05, 4.69) is 20.8 Å². The third kappa shape index (κ3) is 2.62. The number of carbonyl (C=O) groups is 1. The molecule has 3 rings (SSSR count). The molecule has 24 heavy (non-hydrogen) atoms. The van der Waals surface area contributed by atoms with Crippen LogP contribution in [0.1, 0.15) is 49.0 Å². The van der Waals surface area contributed by atoms with Crippen LogP contribution >= 0.6 is 0 Å². The molecule has 4 heteroatoms. The number of phenolic OH excluding ortho intramolecular Hbond substituents is 1. The summed E-state index contributed by atoms with van der Waals surface area (Å²) in [5.41, 5.74) is 2.06. The highest BCUT2D eigenvalue weighted by molar-refractivity contribution is 6.09. The van der Waals surface area contributed by atoms with Crippen molar-refractivity contribution >= 4 is 11.6 Å². The number of carbonyl (C=O) groups excluding carboxylic acids is 1. The van der Waals surface area contributed by atoms with Gasteiger partial charge in [0.1, 0.15) is 11.5 Å². The van der Waals surface area contributed by atoms with Gasteiger partial charge in [-0.25, -0.2) is 0 Å². The highest BCUT2D eigenvalue weighted by atomic mass is 16.5. The molecule has 0 saturated carbocycles. The molecule has 1 heterocycles. The van der Waals surface area contributed by atoms with Crippen LogP contribution in [0, 0.1) is 0 Å². The van der Waals surface area contributed by atoms with Gasteiger partial charge in [0.2, 0.25) is 0 Å². The van der Waals surface area contributed by atoms with Crippen molar-refractivity contribution < 1.29 is 14.6 Å². The molecule has 1 atom stereocenters. The van der Waals surface area contributed by atoms with Gasteiger partial charge in [-0.3, -0.25) is 4.79 Å². The number of aromatic hydroxyl groups is 1. The van der Waals surface area contributed by atoms with Crippen molar-refractivity contribution in [3.8, 4) is 11.5 Å². The Kier molecular flexibility index (Phi) is 3.99. The van der Waals surface area contributed by atoms with Crippen molar-refractivity contribution in [2.24, 2.45) is 0 Å². The second kappa shape index (κ2) is 5.86. The minimum atomic E-state index is -0.332. The molecule has 0 spiro atoms. The number of ether oxygens (including phenoxy) is 1. The van der Waals surface area contributed by atoms with Gasteiger partial charge in [0.25, 0.3) is 5.91 Å². The van der Waals surface area contributed by atoms with E-state index in [-0.39, 0.29) is 23.1 Å². The van der Waals surface area contributed by atoms with Gasteiger partial charge in [-0.05, 0) is 62.1 Å². The van der Waals surface area contributed by atoms with Crippen LogP contribution in [0.15, 0.2) is 42.5 Å². The van der Waals surface area contributed by atoms with E-state index >= 15 is 0 Å². The molecule has 1 N–H and O–H groups in total. The Hall–Kier alpha value is -2.49. The van der Waals surface area contributed by atoms with Gasteiger partial charge in [0.15, 0.2) is 0 Å². The lowest BCUT2D eigenvalue weighted by Crippen LogP contribution is -2.51. The van der Waals surface area contributed by atoms with Gasteiger partial charge in [-0.1, -0.05) is 19.1 Å². The number of para-hydroxylation sites is 1. The number of nitrogens with zero attached hydrogens (tertiary/aromatic N) is 1. The average molecular weight is 325 g/mol. The van der Waals surface area contributed by atoms with Gasteiger partial charge in [-0.2, -0.15) is 0 Å². The first-order valence-corrected chi connectivity index (χ1v) is 8.15. The number of hydrogen-bond donors (Lipinski definition) is 1. The van der Waals surface area contributed by atoms with Crippen molar-refractivity contribution in [1.29, 1.82) is 0 Å². The standard InChI is InChI=1S/C20H23NO3/c1-13-12-20(2,3)21(17-10-9-14(22)11-16(13)17)19(23)15-7-5-6-8-18(15)24-4/h5-11,13,22H,12H2,1-4H3. The SMILES string of the molecule is COc1ccccc1C(=O)N1c2ccc(O)cc2C(C)CC1(C)C. The van der Waals surface area contributed by atoms with Crippen molar-refractivity contribution in [1.82, 2.24) is 0 Å². The number of benzene rings is 2. The summed E-state index contributed by atoms with van der Waals surface area (Å²) in [7, 11) is 1.57. The maximum Gasteiger partial charge on any atom is 0.262 e. The minimum absolute atomic E-state index is 0.0868. The number of methoxy groups -OCH3 is 1. The summed E-state index contributed by atoms with van der Waals surface area (Å²) in [6.07, 6.45) is 0.824. The van der Waals surface area contributed by atoms with E-state index in [9.17, 15) is 9.90 Å². The van der Waals surface area contributed by atoms with Crippen LogP contribution in [-0.4, -0.2) is 23.7 Å². The Labute approximate surface area is 142 Å². The maximum absolute atomic E-state index is 13.3. The summed E-state index contributed by atoms with van der Waals surface area (Å²) < 4.78 is 5.37. The third-order valence-corrected chi connectivity index (χ3v) is 4.73. The van der Waals surface area contributed by atoms with Crippen LogP contribution in [-0.2, 0) is 0 Å². The van der Waals surface area contributed by atoms with E-state index in [0.29, 0.717) is 11.3 Å². The molecule has 0 radical (unpaired) electrons. The van der Waals surface area contributed by atoms with Crippen LogP contribution in [0.25, 0.3) is 0 Å². The number of fused-ring (bicyclic) bond motifs is 1. The number of amides is 1. The lowest BCUT2D eigenvalue weighted by Gasteiger charge is -2.46. The number of anilines is 1. The summed E-state index contributed by atoms with van der Waals surface area (Å²) in [6.45, 7) is 6.28. The Morgan fingerprint density at radius 3 is 2.67 bits per heavy atom. The van der Waals surface area contributed by atoms with Crippen molar-refractivity contribution in [2.45, 2.75) is 38.6 Å². The smallest absolute Gasteiger partial charge is 0.262 e. The highest BCUT2D eigenvalue weighted by Gasteiger charge is 2.40. The van der Waals surface area contributed by atoms with Crippen LogP contribution in [0.5, 0.6) is 11.5 Å².